The topological polar surface area (TPSA) is 62.5 Å². The van der Waals surface area contributed by atoms with Gasteiger partial charge < -0.3 is 14.8 Å². The maximum absolute atomic E-state index is 12.4. The third-order valence-corrected chi connectivity index (χ3v) is 4.68. The fourth-order valence-electron chi connectivity index (χ4n) is 2.31. The second-order valence-corrected chi connectivity index (χ2v) is 6.85. The van der Waals surface area contributed by atoms with E-state index >= 15 is 0 Å². The average molecular weight is 402 g/mol. The second-order valence-electron chi connectivity index (χ2n) is 5.33. The molecule has 3 aromatic rings. The van der Waals surface area contributed by atoms with Gasteiger partial charge in [-0.3, -0.25) is 0 Å². The molecule has 0 radical (unpaired) electrons. The van der Waals surface area contributed by atoms with E-state index in [1.807, 2.05) is 0 Å². The number of alkyl halides is 3. The van der Waals surface area contributed by atoms with Crippen molar-refractivity contribution in [1.82, 2.24) is 0 Å². The number of furan rings is 1. The highest BCUT2D eigenvalue weighted by Gasteiger charge is 2.30. The van der Waals surface area contributed by atoms with Crippen molar-refractivity contribution in [2.75, 3.05) is 5.32 Å². The summed E-state index contributed by atoms with van der Waals surface area (Å²) in [7, 11) is 0. The maximum atomic E-state index is 12.4. The Bertz CT molecular complexity index is 972. The van der Waals surface area contributed by atoms with Crippen molar-refractivity contribution >= 4 is 46.0 Å². The van der Waals surface area contributed by atoms with Gasteiger partial charge in [0.1, 0.15) is 5.58 Å². The number of carboxylic acid groups (broad SMARTS) is 1. The highest BCUT2D eigenvalue weighted by Crippen LogP contribution is 2.41. The van der Waals surface area contributed by atoms with Crippen LogP contribution in [0.25, 0.3) is 11.0 Å². The summed E-state index contributed by atoms with van der Waals surface area (Å²) in [4.78, 5) is 10.9. The van der Waals surface area contributed by atoms with Gasteiger partial charge in [-0.15, -0.1) is 0 Å². The first kappa shape index (κ1) is 18.5. The number of benzene rings is 2. The van der Waals surface area contributed by atoms with E-state index in [0.717, 1.165) is 5.56 Å². The number of carboxylic acids is 1. The molecule has 136 valence electrons. The van der Waals surface area contributed by atoms with Gasteiger partial charge >= 0.3 is 11.5 Å². The molecule has 0 amide bonds. The van der Waals surface area contributed by atoms with Crippen LogP contribution in [-0.4, -0.2) is 16.6 Å². The molecule has 0 aliphatic rings. The van der Waals surface area contributed by atoms with E-state index in [1.165, 1.54) is 24.3 Å². The van der Waals surface area contributed by atoms with Gasteiger partial charge in [0.05, 0.1) is 5.02 Å². The summed E-state index contributed by atoms with van der Waals surface area (Å²) in [5, 5.41) is 12.7. The molecule has 26 heavy (non-hydrogen) atoms. The van der Waals surface area contributed by atoms with Crippen LogP contribution in [0.15, 0.2) is 51.8 Å². The zero-order valence-electron chi connectivity index (χ0n) is 12.9. The number of halogens is 4. The summed E-state index contributed by atoms with van der Waals surface area (Å²) in [6.45, 7) is 0.362. The van der Waals surface area contributed by atoms with Crippen LogP contribution in [-0.2, 0) is 6.54 Å². The monoisotopic (exact) mass is 401 g/mol. The molecule has 0 atom stereocenters. The van der Waals surface area contributed by atoms with Crippen molar-refractivity contribution in [2.45, 2.75) is 16.9 Å². The first-order chi connectivity index (χ1) is 12.2. The summed E-state index contributed by atoms with van der Waals surface area (Å²) >= 11 is 5.63. The molecule has 0 saturated heterocycles. The number of hydrogen-bond donors (Lipinski definition) is 2. The summed E-state index contributed by atoms with van der Waals surface area (Å²) in [6, 6.07) is 10.9. The molecule has 0 unspecified atom stereocenters. The molecule has 0 spiro atoms. The number of nitrogens with one attached hydrogen (secondary N) is 1. The fourth-order valence-corrected chi connectivity index (χ4v) is 3.15. The van der Waals surface area contributed by atoms with E-state index in [0.29, 0.717) is 23.2 Å². The van der Waals surface area contributed by atoms with E-state index in [4.69, 9.17) is 21.1 Å². The van der Waals surface area contributed by atoms with Gasteiger partial charge in [-0.05, 0) is 47.7 Å². The molecule has 4 nitrogen and oxygen atoms in total. The first-order valence-electron chi connectivity index (χ1n) is 7.26. The number of anilines is 1. The number of fused-ring (bicyclic) bond motifs is 1. The minimum Gasteiger partial charge on any atom is -0.475 e. The lowest BCUT2D eigenvalue weighted by atomic mass is 10.1. The standard InChI is InChI=1S/C17H11ClF3NO3S/c18-12-7-11(3-4-15(12)26-17(19,20)21)22-8-9-1-2-10-6-14(16(23)24)25-13(10)5-9/h1-7,22H,8H2,(H,23,24). The van der Waals surface area contributed by atoms with E-state index in [2.05, 4.69) is 5.32 Å². The molecule has 0 aliphatic heterocycles. The Kier molecular flexibility index (Phi) is 5.06. The van der Waals surface area contributed by atoms with E-state index in [1.54, 1.807) is 18.2 Å². The molecule has 2 N–H and O–H groups in total. The van der Waals surface area contributed by atoms with E-state index in [9.17, 15) is 18.0 Å². The summed E-state index contributed by atoms with van der Waals surface area (Å²) in [6.07, 6.45) is 0. The summed E-state index contributed by atoms with van der Waals surface area (Å²) in [5.41, 5.74) is -2.58. The molecule has 3 rings (SSSR count). The molecular formula is C17H11ClF3NO3S. The number of rotatable bonds is 5. The lowest BCUT2D eigenvalue weighted by Gasteiger charge is -2.11. The predicted molar refractivity (Wildman–Crippen MR) is 93.9 cm³/mol. The Balaban J connectivity index is 1.71. The third kappa shape index (κ3) is 4.44. The Labute approximate surface area is 154 Å². The van der Waals surface area contributed by atoms with Crippen molar-refractivity contribution < 1.29 is 27.5 Å². The fraction of sp³-hybridized carbons (Fsp3) is 0.118. The molecule has 0 aliphatic carbocycles. The smallest absolute Gasteiger partial charge is 0.446 e. The van der Waals surface area contributed by atoms with Crippen LogP contribution < -0.4 is 5.32 Å². The van der Waals surface area contributed by atoms with Crippen LogP contribution in [0.3, 0.4) is 0 Å². The van der Waals surface area contributed by atoms with Crippen molar-refractivity contribution in [3.8, 4) is 0 Å². The van der Waals surface area contributed by atoms with Gasteiger partial charge in [0.15, 0.2) is 0 Å². The highest BCUT2D eigenvalue weighted by molar-refractivity contribution is 8.00. The second kappa shape index (κ2) is 7.13. The van der Waals surface area contributed by atoms with Crippen LogP contribution in [0.4, 0.5) is 18.9 Å². The van der Waals surface area contributed by atoms with Crippen molar-refractivity contribution in [3.05, 3.63) is 58.8 Å². The van der Waals surface area contributed by atoms with Gasteiger partial charge in [-0.1, -0.05) is 23.7 Å². The predicted octanol–water partition coefficient (Wildman–Crippen LogP) is 6.01. The summed E-state index contributed by atoms with van der Waals surface area (Å²) < 4.78 is 42.5. The zero-order chi connectivity index (χ0) is 18.9. The molecule has 2 aromatic carbocycles. The van der Waals surface area contributed by atoms with E-state index < -0.39 is 11.5 Å². The zero-order valence-corrected chi connectivity index (χ0v) is 14.5. The van der Waals surface area contributed by atoms with Crippen LogP contribution in [0, 0.1) is 0 Å². The summed E-state index contributed by atoms with van der Waals surface area (Å²) in [5.74, 6) is -1.29. The van der Waals surface area contributed by atoms with Crippen LogP contribution in [0.2, 0.25) is 5.02 Å². The Morgan fingerprint density at radius 2 is 1.96 bits per heavy atom. The minimum atomic E-state index is -4.40. The maximum Gasteiger partial charge on any atom is 0.446 e. The average Bonchev–Trinajstić information content (AvgIpc) is 2.97. The van der Waals surface area contributed by atoms with Gasteiger partial charge in [-0.25, -0.2) is 4.79 Å². The van der Waals surface area contributed by atoms with Gasteiger partial charge in [0, 0.05) is 22.5 Å². The molecule has 1 aromatic heterocycles. The number of carbonyl (C=O) groups is 1. The van der Waals surface area contributed by atoms with Gasteiger partial charge in [-0.2, -0.15) is 13.2 Å². The lowest BCUT2D eigenvalue weighted by molar-refractivity contribution is -0.0328. The minimum absolute atomic E-state index is 0.00455. The molecular weight excluding hydrogens is 391 g/mol. The van der Waals surface area contributed by atoms with Crippen molar-refractivity contribution in [3.63, 3.8) is 0 Å². The Morgan fingerprint density at radius 1 is 1.19 bits per heavy atom. The molecule has 0 saturated carbocycles. The number of thioether (sulfide) groups is 1. The SMILES string of the molecule is O=C(O)c1cc2ccc(CNc3ccc(SC(F)(F)F)c(Cl)c3)cc2o1. The molecule has 0 bridgehead atoms. The van der Waals surface area contributed by atoms with Crippen LogP contribution >= 0.6 is 23.4 Å². The number of aromatic carboxylic acids is 1. The van der Waals surface area contributed by atoms with Gasteiger partial charge in [0.2, 0.25) is 5.76 Å². The van der Waals surface area contributed by atoms with Crippen LogP contribution in [0.1, 0.15) is 16.1 Å². The van der Waals surface area contributed by atoms with Crippen molar-refractivity contribution in [1.29, 1.82) is 0 Å². The quantitative estimate of drug-likeness (QED) is 0.513. The normalized spacial score (nSPS) is 11.7. The Morgan fingerprint density at radius 3 is 2.62 bits per heavy atom. The first-order valence-corrected chi connectivity index (χ1v) is 8.46. The molecule has 1 heterocycles. The number of hydrogen-bond acceptors (Lipinski definition) is 4. The molecule has 0 fully saturated rings. The largest absolute Gasteiger partial charge is 0.475 e. The van der Waals surface area contributed by atoms with E-state index in [-0.39, 0.29) is 27.4 Å². The van der Waals surface area contributed by atoms with Crippen LogP contribution in [0.5, 0.6) is 0 Å². The Hall–Kier alpha value is -2.32. The molecule has 9 heteroatoms. The van der Waals surface area contributed by atoms with Crippen molar-refractivity contribution in [2.24, 2.45) is 0 Å². The highest BCUT2D eigenvalue weighted by atomic mass is 35.5. The lowest BCUT2D eigenvalue weighted by Crippen LogP contribution is -2.01. The third-order valence-electron chi connectivity index (χ3n) is 3.45. The van der Waals surface area contributed by atoms with Gasteiger partial charge in [0.25, 0.3) is 0 Å².